The zero-order valence-electron chi connectivity index (χ0n) is 16.5. The van der Waals surface area contributed by atoms with Gasteiger partial charge in [0, 0.05) is 41.6 Å². The van der Waals surface area contributed by atoms with Crippen molar-refractivity contribution in [3.63, 3.8) is 0 Å². The Balaban J connectivity index is 1.41. The molecule has 0 amide bonds. The molecule has 0 aliphatic rings. The third kappa shape index (κ3) is 4.98. The summed E-state index contributed by atoms with van der Waals surface area (Å²) >= 11 is 0.894. The molecule has 10 heteroatoms. The van der Waals surface area contributed by atoms with Crippen LogP contribution in [0.1, 0.15) is 20.7 Å². The normalized spacial score (nSPS) is 11.2. The lowest BCUT2D eigenvalue weighted by Gasteiger charge is -2.09. The molecule has 0 aliphatic carbocycles. The van der Waals surface area contributed by atoms with Crippen LogP contribution >= 0.6 is 11.8 Å². The minimum absolute atomic E-state index is 0.0308. The lowest BCUT2D eigenvalue weighted by Crippen LogP contribution is -2.13. The van der Waals surface area contributed by atoms with Crippen LogP contribution in [0, 0.1) is 0 Å². The first-order valence-electron chi connectivity index (χ1n) is 9.36. The summed E-state index contributed by atoms with van der Waals surface area (Å²) in [6.07, 6.45) is 6.04. The SMILES string of the molecule is O=C(CSC(=O)c1cccnc1)c1ccc(NS(=O)(=O)c2ccc3nccnc3c2)cc1. The van der Waals surface area contributed by atoms with Crippen molar-refractivity contribution in [2.24, 2.45) is 0 Å². The molecule has 4 rings (SSSR count). The first-order valence-corrected chi connectivity index (χ1v) is 11.8. The van der Waals surface area contributed by atoms with Crippen LogP contribution in [-0.4, -0.2) is 40.0 Å². The molecule has 0 radical (unpaired) electrons. The summed E-state index contributed by atoms with van der Waals surface area (Å²) in [6.45, 7) is 0. The molecule has 0 saturated carbocycles. The van der Waals surface area contributed by atoms with Gasteiger partial charge in [-0.05, 0) is 54.6 Å². The molecule has 2 heterocycles. The van der Waals surface area contributed by atoms with Gasteiger partial charge >= 0.3 is 0 Å². The molecule has 1 N–H and O–H groups in total. The predicted octanol–water partition coefficient (Wildman–Crippen LogP) is 3.58. The Hall–Kier alpha value is -3.63. The Labute approximate surface area is 188 Å². The predicted molar refractivity (Wildman–Crippen MR) is 122 cm³/mol. The van der Waals surface area contributed by atoms with Gasteiger partial charge in [0.1, 0.15) is 0 Å². The number of anilines is 1. The maximum atomic E-state index is 12.7. The monoisotopic (exact) mass is 464 g/mol. The number of nitrogens with one attached hydrogen (secondary N) is 1. The van der Waals surface area contributed by atoms with Crippen LogP contribution in [0.25, 0.3) is 11.0 Å². The fourth-order valence-corrected chi connectivity index (χ4v) is 4.62. The largest absolute Gasteiger partial charge is 0.293 e. The van der Waals surface area contributed by atoms with Crippen molar-refractivity contribution in [3.8, 4) is 0 Å². The first kappa shape index (κ1) is 21.6. The number of rotatable bonds is 7. The summed E-state index contributed by atoms with van der Waals surface area (Å²) in [5.74, 6) is -0.272. The molecule has 0 atom stereocenters. The average molecular weight is 465 g/mol. The van der Waals surface area contributed by atoms with Crippen LogP contribution in [0.4, 0.5) is 5.69 Å². The molecule has 2 aromatic heterocycles. The number of carbonyl (C=O) groups is 2. The van der Waals surface area contributed by atoms with E-state index < -0.39 is 10.0 Å². The fourth-order valence-electron chi connectivity index (χ4n) is 2.83. The first-order chi connectivity index (χ1) is 15.4. The molecule has 2 aromatic carbocycles. The molecule has 0 bridgehead atoms. The van der Waals surface area contributed by atoms with Gasteiger partial charge in [0.05, 0.1) is 21.7 Å². The summed E-state index contributed by atoms with van der Waals surface area (Å²) in [6, 6.07) is 13.8. The second-order valence-corrected chi connectivity index (χ2v) is 9.26. The number of nitrogens with zero attached hydrogens (tertiary/aromatic N) is 3. The van der Waals surface area contributed by atoms with Crippen molar-refractivity contribution in [2.45, 2.75) is 4.90 Å². The molecule has 0 spiro atoms. The molecule has 32 heavy (non-hydrogen) atoms. The Bertz CT molecular complexity index is 1390. The smallest absolute Gasteiger partial charge is 0.261 e. The van der Waals surface area contributed by atoms with E-state index >= 15 is 0 Å². The lowest BCUT2D eigenvalue weighted by molar-refractivity contribution is 0.101. The van der Waals surface area contributed by atoms with Gasteiger partial charge in [-0.3, -0.25) is 29.3 Å². The summed E-state index contributed by atoms with van der Waals surface area (Å²) in [5, 5.41) is -0.240. The van der Waals surface area contributed by atoms with Gasteiger partial charge in [-0.15, -0.1) is 0 Å². The Morgan fingerprint density at radius 2 is 1.62 bits per heavy atom. The quantitative estimate of drug-likeness (QED) is 0.412. The second kappa shape index (κ2) is 9.25. The zero-order valence-corrected chi connectivity index (χ0v) is 18.1. The van der Waals surface area contributed by atoms with Gasteiger partial charge in [-0.25, -0.2) is 8.42 Å². The van der Waals surface area contributed by atoms with Gasteiger partial charge in [-0.2, -0.15) is 0 Å². The third-order valence-corrected chi connectivity index (χ3v) is 6.73. The van der Waals surface area contributed by atoms with Crippen LogP contribution in [0.2, 0.25) is 0 Å². The van der Waals surface area contributed by atoms with E-state index in [-0.39, 0.29) is 21.5 Å². The molecule has 160 valence electrons. The number of ketones is 1. The van der Waals surface area contributed by atoms with E-state index in [0.717, 1.165) is 11.8 Å². The number of thioether (sulfide) groups is 1. The Morgan fingerprint density at radius 1 is 0.875 bits per heavy atom. The highest BCUT2D eigenvalue weighted by Crippen LogP contribution is 2.20. The minimum Gasteiger partial charge on any atom is -0.293 e. The van der Waals surface area contributed by atoms with E-state index in [1.54, 1.807) is 24.4 Å². The molecule has 0 aliphatic heterocycles. The van der Waals surface area contributed by atoms with Gasteiger partial charge < -0.3 is 0 Å². The molecular weight excluding hydrogens is 448 g/mol. The molecule has 0 unspecified atom stereocenters. The zero-order chi connectivity index (χ0) is 22.6. The molecular formula is C22H16N4O4S2. The van der Waals surface area contributed by atoms with E-state index in [9.17, 15) is 18.0 Å². The molecule has 4 aromatic rings. The fraction of sp³-hybridized carbons (Fsp3) is 0.0455. The average Bonchev–Trinajstić information content (AvgIpc) is 2.82. The van der Waals surface area contributed by atoms with Crippen molar-refractivity contribution >= 4 is 49.4 Å². The number of Topliss-reactive ketones (excluding diaryl/α,β-unsaturated/α-hetero) is 1. The highest BCUT2D eigenvalue weighted by Gasteiger charge is 2.16. The second-order valence-electron chi connectivity index (χ2n) is 6.63. The number of carbonyl (C=O) groups excluding carboxylic acids is 2. The Kier molecular flexibility index (Phi) is 6.24. The number of hydrogen-bond donors (Lipinski definition) is 1. The number of benzene rings is 2. The maximum Gasteiger partial charge on any atom is 0.261 e. The van der Waals surface area contributed by atoms with Crippen molar-refractivity contribution < 1.29 is 18.0 Å². The van der Waals surface area contributed by atoms with Crippen molar-refractivity contribution in [1.82, 2.24) is 15.0 Å². The van der Waals surface area contributed by atoms with Gasteiger partial charge in [0.2, 0.25) is 5.12 Å². The number of fused-ring (bicyclic) bond motifs is 1. The van der Waals surface area contributed by atoms with E-state index in [2.05, 4.69) is 19.7 Å². The summed E-state index contributed by atoms with van der Waals surface area (Å²) < 4.78 is 27.9. The topological polar surface area (TPSA) is 119 Å². The van der Waals surface area contributed by atoms with Gasteiger partial charge in [0.25, 0.3) is 10.0 Å². The minimum atomic E-state index is -3.85. The summed E-state index contributed by atoms with van der Waals surface area (Å²) in [5.41, 5.74) is 2.17. The van der Waals surface area contributed by atoms with Crippen LogP contribution in [0.3, 0.4) is 0 Å². The third-order valence-electron chi connectivity index (χ3n) is 4.44. The molecule has 0 saturated heterocycles. The van der Waals surface area contributed by atoms with E-state index in [4.69, 9.17) is 0 Å². The van der Waals surface area contributed by atoms with Crippen LogP contribution in [0.15, 0.2) is 84.3 Å². The summed E-state index contributed by atoms with van der Waals surface area (Å²) in [4.78, 5) is 36.7. The van der Waals surface area contributed by atoms with E-state index in [1.165, 1.54) is 55.0 Å². The maximum absolute atomic E-state index is 12.7. The van der Waals surface area contributed by atoms with Crippen LogP contribution in [0.5, 0.6) is 0 Å². The highest BCUT2D eigenvalue weighted by atomic mass is 32.2. The van der Waals surface area contributed by atoms with Crippen molar-refractivity contribution in [3.05, 3.63) is 90.5 Å². The van der Waals surface area contributed by atoms with Gasteiger partial charge in [-0.1, -0.05) is 11.8 Å². The number of aromatic nitrogens is 3. The van der Waals surface area contributed by atoms with Crippen molar-refractivity contribution in [1.29, 1.82) is 0 Å². The van der Waals surface area contributed by atoms with Crippen molar-refractivity contribution in [2.75, 3.05) is 10.5 Å². The van der Waals surface area contributed by atoms with Gasteiger partial charge in [0.15, 0.2) is 5.78 Å². The summed E-state index contributed by atoms with van der Waals surface area (Å²) in [7, 11) is -3.85. The van der Waals surface area contributed by atoms with Crippen LogP contribution in [-0.2, 0) is 10.0 Å². The van der Waals surface area contributed by atoms with E-state index in [0.29, 0.717) is 27.8 Å². The number of sulfonamides is 1. The van der Waals surface area contributed by atoms with Crippen LogP contribution < -0.4 is 4.72 Å². The Morgan fingerprint density at radius 3 is 2.34 bits per heavy atom. The van der Waals surface area contributed by atoms with E-state index in [1.807, 2.05) is 0 Å². The number of pyridine rings is 1. The number of hydrogen-bond acceptors (Lipinski definition) is 8. The standard InChI is InChI=1S/C22H16N4O4S2/c27-21(14-31-22(28)16-2-1-9-23-13-16)15-3-5-17(6-4-15)26-32(29,30)18-7-8-19-20(12-18)25-11-10-24-19/h1-13,26H,14H2. The molecule has 8 nitrogen and oxygen atoms in total. The highest BCUT2D eigenvalue weighted by molar-refractivity contribution is 8.14. The lowest BCUT2D eigenvalue weighted by atomic mass is 10.1. The molecule has 0 fully saturated rings.